The van der Waals surface area contributed by atoms with Crippen LogP contribution in [0.1, 0.15) is 18.9 Å². The van der Waals surface area contributed by atoms with Gasteiger partial charge in [0.1, 0.15) is 11.5 Å². The van der Waals surface area contributed by atoms with Crippen LogP contribution >= 0.6 is 0 Å². The molecule has 0 aliphatic rings. The summed E-state index contributed by atoms with van der Waals surface area (Å²) in [6.45, 7) is 4.22. The van der Waals surface area contributed by atoms with Gasteiger partial charge in [-0.1, -0.05) is 13.0 Å². The number of methoxy groups -OCH3 is 2. The van der Waals surface area contributed by atoms with Gasteiger partial charge in [-0.2, -0.15) is 0 Å². The molecule has 0 spiro atoms. The zero-order valence-corrected chi connectivity index (χ0v) is 10.4. The molecular weight excluding hydrogens is 202 g/mol. The zero-order valence-electron chi connectivity index (χ0n) is 10.4. The SMILES string of the molecule is CCCNCCc1ccc(OC)cc1OC. The van der Waals surface area contributed by atoms with Crippen molar-refractivity contribution in [3.8, 4) is 11.5 Å². The maximum atomic E-state index is 5.34. The molecule has 1 aromatic rings. The summed E-state index contributed by atoms with van der Waals surface area (Å²) >= 11 is 0. The van der Waals surface area contributed by atoms with Crippen molar-refractivity contribution in [1.29, 1.82) is 0 Å². The molecule has 90 valence electrons. The Hall–Kier alpha value is -1.22. The van der Waals surface area contributed by atoms with Crippen molar-refractivity contribution in [2.45, 2.75) is 19.8 Å². The molecule has 0 heterocycles. The maximum Gasteiger partial charge on any atom is 0.125 e. The lowest BCUT2D eigenvalue weighted by atomic mass is 10.1. The normalized spacial score (nSPS) is 10.2. The molecule has 0 unspecified atom stereocenters. The third-order valence-electron chi connectivity index (χ3n) is 2.49. The number of ether oxygens (including phenoxy) is 2. The van der Waals surface area contributed by atoms with E-state index < -0.39 is 0 Å². The molecule has 0 radical (unpaired) electrons. The topological polar surface area (TPSA) is 30.5 Å². The van der Waals surface area contributed by atoms with Crippen LogP contribution in [0.15, 0.2) is 18.2 Å². The van der Waals surface area contributed by atoms with Crippen molar-refractivity contribution in [2.75, 3.05) is 27.3 Å². The molecule has 0 saturated heterocycles. The highest BCUT2D eigenvalue weighted by Crippen LogP contribution is 2.24. The van der Waals surface area contributed by atoms with E-state index in [-0.39, 0.29) is 0 Å². The molecule has 0 saturated carbocycles. The predicted octanol–water partition coefficient (Wildman–Crippen LogP) is 2.25. The van der Waals surface area contributed by atoms with Crippen molar-refractivity contribution in [1.82, 2.24) is 5.32 Å². The van der Waals surface area contributed by atoms with Crippen molar-refractivity contribution < 1.29 is 9.47 Å². The van der Waals surface area contributed by atoms with E-state index in [1.807, 2.05) is 12.1 Å². The van der Waals surface area contributed by atoms with Crippen molar-refractivity contribution in [2.24, 2.45) is 0 Å². The highest BCUT2D eigenvalue weighted by Gasteiger charge is 2.04. The van der Waals surface area contributed by atoms with E-state index in [0.29, 0.717) is 0 Å². The van der Waals surface area contributed by atoms with Crippen LogP contribution in [0.25, 0.3) is 0 Å². The molecule has 3 nitrogen and oxygen atoms in total. The summed E-state index contributed by atoms with van der Waals surface area (Å²) in [6, 6.07) is 5.96. The van der Waals surface area contributed by atoms with Crippen molar-refractivity contribution in [3.63, 3.8) is 0 Å². The average Bonchev–Trinajstić information content (AvgIpc) is 2.34. The monoisotopic (exact) mass is 223 g/mol. The average molecular weight is 223 g/mol. The summed E-state index contributed by atoms with van der Waals surface area (Å²) in [7, 11) is 3.36. The third kappa shape index (κ3) is 3.74. The van der Waals surface area contributed by atoms with E-state index in [0.717, 1.165) is 31.0 Å². The first-order chi connectivity index (χ1) is 7.81. The Morgan fingerprint density at radius 2 is 1.94 bits per heavy atom. The van der Waals surface area contributed by atoms with Crippen LogP contribution in [0.3, 0.4) is 0 Å². The van der Waals surface area contributed by atoms with Gasteiger partial charge in [0.15, 0.2) is 0 Å². The van der Waals surface area contributed by atoms with E-state index in [1.54, 1.807) is 14.2 Å². The van der Waals surface area contributed by atoms with Gasteiger partial charge < -0.3 is 14.8 Å². The molecule has 1 aromatic carbocycles. The molecule has 1 N–H and O–H groups in total. The van der Waals surface area contributed by atoms with Crippen LogP contribution in [0.4, 0.5) is 0 Å². The minimum atomic E-state index is 0.835. The number of hydrogen-bond acceptors (Lipinski definition) is 3. The van der Waals surface area contributed by atoms with Crippen molar-refractivity contribution in [3.05, 3.63) is 23.8 Å². The first kappa shape index (κ1) is 12.8. The van der Waals surface area contributed by atoms with E-state index >= 15 is 0 Å². The van der Waals surface area contributed by atoms with Crippen molar-refractivity contribution >= 4 is 0 Å². The van der Waals surface area contributed by atoms with Crippen LogP contribution in [0, 0.1) is 0 Å². The second-order valence-electron chi connectivity index (χ2n) is 3.68. The molecule has 3 heteroatoms. The molecule has 0 fully saturated rings. The van der Waals surface area contributed by atoms with Crippen LogP contribution in [0.5, 0.6) is 11.5 Å². The van der Waals surface area contributed by atoms with Gasteiger partial charge in [-0.3, -0.25) is 0 Å². The lowest BCUT2D eigenvalue weighted by Gasteiger charge is -2.10. The van der Waals surface area contributed by atoms with Crippen LogP contribution in [-0.2, 0) is 6.42 Å². The van der Waals surface area contributed by atoms with Gasteiger partial charge in [-0.05, 0) is 37.6 Å². The van der Waals surface area contributed by atoms with Gasteiger partial charge in [0.2, 0.25) is 0 Å². The largest absolute Gasteiger partial charge is 0.497 e. The van der Waals surface area contributed by atoms with Crippen LogP contribution < -0.4 is 14.8 Å². The van der Waals surface area contributed by atoms with Crippen LogP contribution in [-0.4, -0.2) is 27.3 Å². The van der Waals surface area contributed by atoms with Gasteiger partial charge >= 0.3 is 0 Å². The Morgan fingerprint density at radius 1 is 1.12 bits per heavy atom. The fraction of sp³-hybridized carbons (Fsp3) is 0.538. The number of hydrogen-bond donors (Lipinski definition) is 1. The zero-order chi connectivity index (χ0) is 11.8. The third-order valence-corrected chi connectivity index (χ3v) is 2.49. The van der Waals surface area contributed by atoms with Gasteiger partial charge in [0, 0.05) is 6.07 Å². The summed E-state index contributed by atoms with van der Waals surface area (Å²) in [5.74, 6) is 1.74. The van der Waals surface area contributed by atoms with E-state index in [4.69, 9.17) is 9.47 Å². The van der Waals surface area contributed by atoms with E-state index in [1.165, 1.54) is 12.0 Å². The Labute approximate surface area is 97.8 Å². The second kappa shape index (κ2) is 7.12. The standard InChI is InChI=1S/C13H21NO2/c1-4-8-14-9-7-11-5-6-12(15-2)10-13(11)16-3/h5-6,10,14H,4,7-9H2,1-3H3. The van der Waals surface area contributed by atoms with E-state index in [2.05, 4.69) is 18.3 Å². The fourth-order valence-corrected chi connectivity index (χ4v) is 1.58. The van der Waals surface area contributed by atoms with Crippen LogP contribution in [0.2, 0.25) is 0 Å². The number of rotatable bonds is 7. The Bertz CT molecular complexity index is 313. The molecule has 0 bridgehead atoms. The van der Waals surface area contributed by atoms with E-state index in [9.17, 15) is 0 Å². The molecular formula is C13H21NO2. The maximum absolute atomic E-state index is 5.34. The molecule has 0 aliphatic heterocycles. The second-order valence-corrected chi connectivity index (χ2v) is 3.68. The lowest BCUT2D eigenvalue weighted by Crippen LogP contribution is -2.18. The summed E-state index contributed by atoms with van der Waals surface area (Å²) in [6.07, 6.45) is 2.15. The Kier molecular flexibility index (Phi) is 5.72. The lowest BCUT2D eigenvalue weighted by molar-refractivity contribution is 0.390. The van der Waals surface area contributed by atoms with Gasteiger partial charge in [0.25, 0.3) is 0 Å². The Balaban J connectivity index is 2.57. The fourth-order valence-electron chi connectivity index (χ4n) is 1.58. The Morgan fingerprint density at radius 3 is 2.56 bits per heavy atom. The summed E-state index contributed by atoms with van der Waals surface area (Å²) in [5.41, 5.74) is 1.21. The minimum absolute atomic E-state index is 0.835. The number of nitrogens with one attached hydrogen (secondary N) is 1. The quantitative estimate of drug-likeness (QED) is 0.719. The number of benzene rings is 1. The van der Waals surface area contributed by atoms with Gasteiger partial charge in [0.05, 0.1) is 14.2 Å². The molecule has 0 atom stereocenters. The first-order valence-corrected chi connectivity index (χ1v) is 5.73. The first-order valence-electron chi connectivity index (χ1n) is 5.73. The molecule has 0 aliphatic carbocycles. The highest BCUT2D eigenvalue weighted by atomic mass is 16.5. The molecule has 16 heavy (non-hydrogen) atoms. The minimum Gasteiger partial charge on any atom is -0.497 e. The smallest absolute Gasteiger partial charge is 0.125 e. The predicted molar refractivity (Wildman–Crippen MR) is 66.4 cm³/mol. The summed E-state index contributed by atoms with van der Waals surface area (Å²) in [5, 5.41) is 3.38. The summed E-state index contributed by atoms with van der Waals surface area (Å²) < 4.78 is 10.5. The highest BCUT2D eigenvalue weighted by molar-refractivity contribution is 5.40. The van der Waals surface area contributed by atoms with Gasteiger partial charge in [-0.25, -0.2) is 0 Å². The molecule has 1 rings (SSSR count). The summed E-state index contributed by atoms with van der Waals surface area (Å²) in [4.78, 5) is 0. The molecule has 0 amide bonds. The van der Waals surface area contributed by atoms with Gasteiger partial charge in [-0.15, -0.1) is 0 Å². The molecule has 0 aromatic heterocycles.